The van der Waals surface area contributed by atoms with E-state index in [1.165, 1.54) is 16.8 Å². The molecule has 0 bridgehead atoms. The number of anilines is 1. The molecule has 0 aliphatic heterocycles. The molecule has 0 aliphatic carbocycles. The molecule has 3 rings (SSSR count). The van der Waals surface area contributed by atoms with Crippen LogP contribution in [0.4, 0.5) is 10.1 Å². The lowest BCUT2D eigenvalue weighted by molar-refractivity contribution is -0.117. The highest BCUT2D eigenvalue weighted by atomic mass is 19.1. The van der Waals surface area contributed by atoms with Gasteiger partial charge in [0.05, 0.1) is 17.9 Å². The Bertz CT molecular complexity index is 1020. The van der Waals surface area contributed by atoms with Gasteiger partial charge in [0.15, 0.2) is 0 Å². The fourth-order valence-corrected chi connectivity index (χ4v) is 3.09. The van der Waals surface area contributed by atoms with E-state index < -0.39 is 0 Å². The highest BCUT2D eigenvalue weighted by Gasteiger charge is 2.18. The van der Waals surface area contributed by atoms with Crippen molar-refractivity contribution < 1.29 is 9.18 Å². The zero-order valence-corrected chi connectivity index (χ0v) is 16.1. The first-order valence-corrected chi connectivity index (χ1v) is 8.93. The molecule has 0 atom stereocenters. The van der Waals surface area contributed by atoms with Crippen molar-refractivity contribution in [3.63, 3.8) is 0 Å². The van der Waals surface area contributed by atoms with Gasteiger partial charge in [0.25, 0.3) is 5.56 Å². The van der Waals surface area contributed by atoms with E-state index in [2.05, 4.69) is 5.32 Å². The molecule has 28 heavy (non-hydrogen) atoms. The van der Waals surface area contributed by atoms with Gasteiger partial charge < -0.3 is 5.32 Å². The van der Waals surface area contributed by atoms with Crippen molar-refractivity contribution in [3.8, 4) is 5.69 Å². The van der Waals surface area contributed by atoms with E-state index in [0.29, 0.717) is 12.2 Å². The number of carbonyl (C=O) groups is 1. The molecule has 0 spiro atoms. The summed E-state index contributed by atoms with van der Waals surface area (Å²) in [5, 5.41) is 2.74. The number of hydrogen-bond acceptors (Lipinski definition) is 3. The first-order chi connectivity index (χ1) is 13.4. The van der Waals surface area contributed by atoms with Crippen LogP contribution in [0.5, 0.6) is 0 Å². The van der Waals surface area contributed by atoms with Crippen molar-refractivity contribution >= 4 is 11.6 Å². The number of amides is 1. The average molecular weight is 382 g/mol. The van der Waals surface area contributed by atoms with Crippen LogP contribution in [0.15, 0.2) is 59.4 Å². The van der Waals surface area contributed by atoms with Crippen LogP contribution in [0.2, 0.25) is 0 Å². The SMILES string of the molecule is Cc1c(NC(=O)CN(C)Cc2ccc(F)cc2)c(=O)n(-c2ccccc2)n1C. The van der Waals surface area contributed by atoms with Gasteiger partial charge in [0, 0.05) is 13.6 Å². The number of aromatic nitrogens is 2. The number of nitrogens with zero attached hydrogens (tertiary/aromatic N) is 3. The van der Waals surface area contributed by atoms with E-state index in [4.69, 9.17) is 0 Å². The monoisotopic (exact) mass is 382 g/mol. The summed E-state index contributed by atoms with van der Waals surface area (Å²) in [6, 6.07) is 15.4. The van der Waals surface area contributed by atoms with Crippen LogP contribution >= 0.6 is 0 Å². The molecule has 0 saturated carbocycles. The lowest BCUT2D eigenvalue weighted by atomic mass is 10.2. The third-order valence-corrected chi connectivity index (χ3v) is 4.60. The Morgan fingerprint density at radius 3 is 2.39 bits per heavy atom. The zero-order valence-electron chi connectivity index (χ0n) is 16.1. The van der Waals surface area contributed by atoms with E-state index in [-0.39, 0.29) is 29.5 Å². The molecule has 7 heteroatoms. The summed E-state index contributed by atoms with van der Waals surface area (Å²) in [7, 11) is 3.57. The molecule has 0 saturated heterocycles. The standard InChI is InChI=1S/C21H23FN4O2/c1-15-20(21(28)26(25(15)3)18-7-5-4-6-8-18)23-19(27)14-24(2)13-16-9-11-17(22)12-10-16/h4-12H,13-14H2,1-3H3,(H,23,27). The molecule has 6 nitrogen and oxygen atoms in total. The minimum atomic E-state index is -0.293. The fourth-order valence-electron chi connectivity index (χ4n) is 3.09. The summed E-state index contributed by atoms with van der Waals surface area (Å²) >= 11 is 0. The van der Waals surface area contributed by atoms with Crippen molar-refractivity contribution in [1.82, 2.24) is 14.3 Å². The molecule has 1 amide bonds. The Labute approximate surface area is 162 Å². The number of hydrogen-bond donors (Lipinski definition) is 1. The average Bonchev–Trinajstić information content (AvgIpc) is 2.87. The first kappa shape index (κ1) is 19.6. The van der Waals surface area contributed by atoms with Gasteiger partial charge in [0.1, 0.15) is 11.5 Å². The number of benzene rings is 2. The molecular weight excluding hydrogens is 359 g/mol. The number of nitrogens with one attached hydrogen (secondary N) is 1. The topological polar surface area (TPSA) is 59.3 Å². The zero-order chi connectivity index (χ0) is 20.3. The summed E-state index contributed by atoms with van der Waals surface area (Å²) < 4.78 is 16.2. The summed E-state index contributed by atoms with van der Waals surface area (Å²) in [5.74, 6) is -0.575. The Hall–Kier alpha value is -3.19. The number of rotatable bonds is 6. The van der Waals surface area contributed by atoms with Crippen molar-refractivity contribution in [2.75, 3.05) is 18.9 Å². The first-order valence-electron chi connectivity index (χ1n) is 8.93. The van der Waals surface area contributed by atoms with Gasteiger partial charge in [-0.1, -0.05) is 30.3 Å². The van der Waals surface area contributed by atoms with Crippen LogP contribution < -0.4 is 10.9 Å². The Morgan fingerprint density at radius 2 is 1.75 bits per heavy atom. The summed E-state index contributed by atoms with van der Waals surface area (Å²) in [6.07, 6.45) is 0. The molecule has 1 N–H and O–H groups in total. The molecule has 0 radical (unpaired) electrons. The highest BCUT2D eigenvalue weighted by Crippen LogP contribution is 2.14. The van der Waals surface area contributed by atoms with E-state index >= 15 is 0 Å². The van der Waals surface area contributed by atoms with Crippen LogP contribution in [0.25, 0.3) is 5.69 Å². The third-order valence-electron chi connectivity index (χ3n) is 4.60. The van der Waals surface area contributed by atoms with Gasteiger partial charge in [-0.15, -0.1) is 0 Å². The number of likely N-dealkylation sites (N-methyl/N-ethyl adjacent to an activating group) is 1. The fraction of sp³-hybridized carbons (Fsp3) is 0.238. The van der Waals surface area contributed by atoms with Crippen LogP contribution in [0.3, 0.4) is 0 Å². The van der Waals surface area contributed by atoms with Crippen molar-refractivity contribution in [1.29, 1.82) is 0 Å². The van der Waals surface area contributed by atoms with Crippen molar-refractivity contribution in [3.05, 3.63) is 82.0 Å². The number of halogens is 1. The Kier molecular flexibility index (Phi) is 5.75. The Morgan fingerprint density at radius 1 is 1.11 bits per heavy atom. The second kappa shape index (κ2) is 8.22. The maximum atomic E-state index is 13.0. The quantitative estimate of drug-likeness (QED) is 0.713. The van der Waals surface area contributed by atoms with E-state index in [1.807, 2.05) is 30.3 Å². The van der Waals surface area contributed by atoms with Crippen LogP contribution in [0, 0.1) is 12.7 Å². The Balaban J connectivity index is 1.72. The molecule has 0 fully saturated rings. The lowest BCUT2D eigenvalue weighted by Gasteiger charge is -2.16. The molecule has 1 heterocycles. The van der Waals surface area contributed by atoms with Gasteiger partial charge in [-0.2, -0.15) is 0 Å². The summed E-state index contributed by atoms with van der Waals surface area (Å²) in [6.45, 7) is 2.39. The smallest absolute Gasteiger partial charge is 0.295 e. The summed E-state index contributed by atoms with van der Waals surface area (Å²) in [5.41, 5.74) is 2.29. The van der Waals surface area contributed by atoms with Gasteiger partial charge in [-0.3, -0.25) is 19.2 Å². The number of carbonyl (C=O) groups excluding carboxylic acids is 1. The van der Waals surface area contributed by atoms with Gasteiger partial charge >= 0.3 is 0 Å². The highest BCUT2D eigenvalue weighted by molar-refractivity contribution is 5.92. The normalized spacial score (nSPS) is 11.0. The minimum absolute atomic E-state index is 0.108. The van der Waals surface area contributed by atoms with E-state index in [1.54, 1.807) is 42.7 Å². The van der Waals surface area contributed by atoms with Gasteiger partial charge in [-0.25, -0.2) is 9.07 Å². The van der Waals surface area contributed by atoms with Gasteiger partial charge in [0.2, 0.25) is 5.91 Å². The van der Waals surface area contributed by atoms with Gasteiger partial charge in [-0.05, 0) is 43.8 Å². The molecule has 1 aromatic heterocycles. The molecule has 0 unspecified atom stereocenters. The molecule has 3 aromatic rings. The van der Waals surface area contributed by atoms with Crippen LogP contribution in [-0.4, -0.2) is 33.8 Å². The predicted octanol–water partition coefficient (Wildman–Crippen LogP) is 2.69. The second-order valence-corrected chi connectivity index (χ2v) is 6.78. The van der Waals surface area contributed by atoms with E-state index in [0.717, 1.165) is 11.3 Å². The maximum absolute atomic E-state index is 13.0. The molecule has 2 aromatic carbocycles. The second-order valence-electron chi connectivity index (χ2n) is 6.78. The molecule has 0 aliphatic rings. The minimum Gasteiger partial charge on any atom is -0.319 e. The molecule has 146 valence electrons. The summed E-state index contributed by atoms with van der Waals surface area (Å²) in [4.78, 5) is 27.1. The number of para-hydroxylation sites is 1. The lowest BCUT2D eigenvalue weighted by Crippen LogP contribution is -2.31. The maximum Gasteiger partial charge on any atom is 0.295 e. The van der Waals surface area contributed by atoms with Crippen LogP contribution in [-0.2, 0) is 18.4 Å². The molecular formula is C21H23FN4O2. The third kappa shape index (κ3) is 4.20. The largest absolute Gasteiger partial charge is 0.319 e. The van der Waals surface area contributed by atoms with Crippen molar-refractivity contribution in [2.45, 2.75) is 13.5 Å². The van der Waals surface area contributed by atoms with Crippen LogP contribution in [0.1, 0.15) is 11.3 Å². The predicted molar refractivity (Wildman–Crippen MR) is 107 cm³/mol. The van der Waals surface area contributed by atoms with E-state index in [9.17, 15) is 14.0 Å². The van der Waals surface area contributed by atoms with Crippen molar-refractivity contribution in [2.24, 2.45) is 7.05 Å².